The number of amides is 3. The molecule has 0 heterocycles. The molecule has 0 aromatic heterocycles. The number of carbonyl (C=O) groups excluding carboxylic acids is 3. The molecule has 4 aromatic carbocycles. The van der Waals surface area contributed by atoms with Gasteiger partial charge < -0.3 is 20.7 Å². The second kappa shape index (κ2) is 14.9. The zero-order valence-corrected chi connectivity index (χ0v) is 25.5. The zero-order chi connectivity index (χ0) is 30.8. The molecule has 0 fully saturated rings. The number of nitrogens with one attached hydrogen (secondary N) is 3. The Bertz CT molecular complexity index is 1600. The number of benzene rings is 4. The maximum absolute atomic E-state index is 13.5. The van der Waals surface area contributed by atoms with Crippen molar-refractivity contribution >= 4 is 46.9 Å². The summed E-state index contributed by atoms with van der Waals surface area (Å²) in [5, 5.41) is 8.35. The summed E-state index contributed by atoms with van der Waals surface area (Å²) >= 11 is 1.43. The van der Waals surface area contributed by atoms with Crippen LogP contribution in [0.2, 0.25) is 0 Å². The molecule has 0 aliphatic heterocycles. The molecule has 1 atom stereocenters. The Morgan fingerprint density at radius 3 is 2.16 bits per heavy atom. The van der Waals surface area contributed by atoms with Crippen molar-refractivity contribution in [2.24, 2.45) is 0 Å². The first-order chi connectivity index (χ1) is 20.7. The second-order valence-electron chi connectivity index (χ2n) is 10.0. The smallest absolute Gasteiger partial charge is 0.272 e. The van der Waals surface area contributed by atoms with E-state index >= 15 is 0 Å². The Morgan fingerprint density at radius 1 is 0.814 bits per heavy atom. The van der Waals surface area contributed by atoms with Crippen molar-refractivity contribution in [2.45, 2.75) is 37.3 Å². The van der Waals surface area contributed by atoms with Crippen LogP contribution in [-0.2, 0) is 9.59 Å². The van der Waals surface area contributed by atoms with Crippen LogP contribution in [0, 0.1) is 13.8 Å². The predicted octanol–water partition coefficient (Wildman–Crippen LogP) is 7.23. The third-order valence-corrected chi connectivity index (χ3v) is 7.84. The van der Waals surface area contributed by atoms with Gasteiger partial charge >= 0.3 is 0 Å². The Balaban J connectivity index is 1.50. The number of thioether (sulfide) groups is 1. The lowest BCUT2D eigenvalue weighted by Crippen LogP contribution is -2.30. The lowest BCUT2D eigenvalue weighted by Gasteiger charge is -2.16. The van der Waals surface area contributed by atoms with Gasteiger partial charge in [-0.25, -0.2) is 0 Å². The average molecular weight is 594 g/mol. The topological polar surface area (TPSA) is 96.5 Å². The van der Waals surface area contributed by atoms with E-state index in [9.17, 15) is 14.4 Å². The molecule has 0 spiro atoms. The number of ether oxygens (including phenoxy) is 1. The van der Waals surface area contributed by atoms with E-state index in [1.165, 1.54) is 11.8 Å². The van der Waals surface area contributed by atoms with Gasteiger partial charge in [0.15, 0.2) is 0 Å². The van der Waals surface area contributed by atoms with Crippen molar-refractivity contribution in [3.63, 3.8) is 0 Å². The molecule has 7 nitrogen and oxygen atoms in total. The van der Waals surface area contributed by atoms with Crippen LogP contribution in [0.5, 0.6) is 5.75 Å². The quantitative estimate of drug-likeness (QED) is 0.126. The van der Waals surface area contributed by atoms with Crippen LogP contribution in [-0.4, -0.2) is 30.1 Å². The van der Waals surface area contributed by atoms with Gasteiger partial charge in [0.25, 0.3) is 11.8 Å². The number of hydrogen-bond donors (Lipinski definition) is 3. The van der Waals surface area contributed by atoms with Crippen molar-refractivity contribution < 1.29 is 19.1 Å². The van der Waals surface area contributed by atoms with Gasteiger partial charge in [0.2, 0.25) is 5.91 Å². The molecule has 0 saturated heterocycles. The normalized spacial score (nSPS) is 11.8. The van der Waals surface area contributed by atoms with Gasteiger partial charge in [-0.3, -0.25) is 14.4 Å². The molecule has 4 rings (SSSR count). The van der Waals surface area contributed by atoms with E-state index in [0.717, 1.165) is 21.7 Å². The van der Waals surface area contributed by atoms with Gasteiger partial charge in [-0.15, -0.1) is 11.8 Å². The van der Waals surface area contributed by atoms with Crippen LogP contribution in [0.4, 0.5) is 11.4 Å². The highest BCUT2D eigenvalue weighted by molar-refractivity contribution is 8.00. The van der Waals surface area contributed by atoms with Crippen LogP contribution in [0.3, 0.4) is 0 Å². The minimum Gasteiger partial charge on any atom is -0.497 e. The Labute approximate surface area is 256 Å². The maximum Gasteiger partial charge on any atom is 0.272 e. The summed E-state index contributed by atoms with van der Waals surface area (Å²) in [5.74, 6) is -0.290. The molecular weight excluding hydrogens is 558 g/mol. The summed E-state index contributed by atoms with van der Waals surface area (Å²) in [4.78, 5) is 40.4. The standard InChI is InChI=1S/C35H35N3O4S/c1-5-32(35(41)37-28-19-23(2)18-24(3)20-28)43-30-13-9-12-27(22-30)36-34(40)31(21-25-14-16-29(42-4)17-15-25)38-33(39)26-10-7-6-8-11-26/h6-22,32H,5H2,1-4H3,(H,36,40)(H,37,41)(H,38,39)/b31-21+. The minimum atomic E-state index is -0.484. The fourth-order valence-electron chi connectivity index (χ4n) is 4.41. The summed E-state index contributed by atoms with van der Waals surface area (Å²) in [6.45, 7) is 5.97. The maximum atomic E-state index is 13.5. The number of anilines is 2. The molecule has 0 aliphatic carbocycles. The number of aryl methyl sites for hydroxylation is 2. The second-order valence-corrected chi connectivity index (χ2v) is 11.3. The molecular formula is C35H35N3O4S. The van der Waals surface area contributed by atoms with Crippen LogP contribution < -0.4 is 20.7 Å². The van der Waals surface area contributed by atoms with Crippen LogP contribution in [0.25, 0.3) is 6.08 Å². The lowest BCUT2D eigenvalue weighted by atomic mass is 10.1. The van der Waals surface area contributed by atoms with Crippen molar-refractivity contribution in [2.75, 3.05) is 17.7 Å². The molecule has 3 amide bonds. The van der Waals surface area contributed by atoms with Gasteiger partial charge in [-0.1, -0.05) is 49.4 Å². The van der Waals surface area contributed by atoms with E-state index in [2.05, 4.69) is 22.0 Å². The number of methoxy groups -OCH3 is 1. The average Bonchev–Trinajstić information content (AvgIpc) is 3.00. The molecule has 43 heavy (non-hydrogen) atoms. The van der Waals surface area contributed by atoms with Crippen molar-refractivity contribution in [1.82, 2.24) is 5.32 Å². The van der Waals surface area contributed by atoms with Gasteiger partial charge in [0.05, 0.1) is 12.4 Å². The molecule has 4 aromatic rings. The predicted molar refractivity (Wildman–Crippen MR) is 174 cm³/mol. The number of carbonyl (C=O) groups is 3. The first-order valence-electron chi connectivity index (χ1n) is 13.9. The molecule has 8 heteroatoms. The zero-order valence-electron chi connectivity index (χ0n) is 24.6. The van der Waals surface area contributed by atoms with E-state index in [1.807, 2.05) is 57.2 Å². The third kappa shape index (κ3) is 9.08. The molecule has 0 radical (unpaired) electrons. The number of hydrogen-bond acceptors (Lipinski definition) is 5. The summed E-state index contributed by atoms with van der Waals surface area (Å²) in [7, 11) is 1.58. The van der Waals surface area contributed by atoms with E-state index in [1.54, 1.807) is 67.8 Å². The summed E-state index contributed by atoms with van der Waals surface area (Å²) in [6.07, 6.45) is 2.23. The third-order valence-electron chi connectivity index (χ3n) is 6.48. The van der Waals surface area contributed by atoms with Crippen LogP contribution >= 0.6 is 11.8 Å². The summed E-state index contributed by atoms with van der Waals surface area (Å²) < 4.78 is 5.23. The first-order valence-corrected chi connectivity index (χ1v) is 14.8. The van der Waals surface area contributed by atoms with Crippen LogP contribution in [0.15, 0.2) is 108 Å². The minimum absolute atomic E-state index is 0.0799. The molecule has 0 bridgehead atoms. The Kier molecular flexibility index (Phi) is 10.8. The SMILES string of the molecule is CCC(Sc1cccc(NC(=O)/C(=C\c2ccc(OC)cc2)NC(=O)c2ccccc2)c1)C(=O)Nc1cc(C)cc(C)c1. The monoisotopic (exact) mass is 593 g/mol. The fourth-order valence-corrected chi connectivity index (χ4v) is 5.42. The van der Waals surface area contributed by atoms with E-state index in [0.29, 0.717) is 29.0 Å². The van der Waals surface area contributed by atoms with Crippen molar-refractivity contribution in [3.8, 4) is 5.75 Å². The lowest BCUT2D eigenvalue weighted by molar-refractivity contribution is -0.116. The van der Waals surface area contributed by atoms with Crippen LogP contribution in [0.1, 0.15) is 40.4 Å². The fraction of sp³-hybridized carbons (Fsp3) is 0.171. The van der Waals surface area contributed by atoms with E-state index in [4.69, 9.17) is 4.74 Å². The summed E-state index contributed by atoms with van der Waals surface area (Å²) in [5.41, 5.74) is 4.70. The van der Waals surface area contributed by atoms with Gasteiger partial charge in [0, 0.05) is 21.8 Å². The highest BCUT2D eigenvalue weighted by Gasteiger charge is 2.20. The highest BCUT2D eigenvalue weighted by atomic mass is 32.2. The van der Waals surface area contributed by atoms with Crippen molar-refractivity contribution in [3.05, 3.63) is 125 Å². The Morgan fingerprint density at radius 2 is 1.51 bits per heavy atom. The highest BCUT2D eigenvalue weighted by Crippen LogP contribution is 2.29. The van der Waals surface area contributed by atoms with Crippen molar-refractivity contribution in [1.29, 1.82) is 0 Å². The summed E-state index contributed by atoms with van der Waals surface area (Å²) in [6, 6.07) is 29.1. The molecule has 1 unspecified atom stereocenters. The molecule has 0 saturated carbocycles. The molecule has 0 aliphatic rings. The van der Waals surface area contributed by atoms with Gasteiger partial charge in [-0.05, 0) is 97.6 Å². The Hall–Kier alpha value is -4.82. The first kappa shape index (κ1) is 31.1. The van der Waals surface area contributed by atoms with E-state index in [-0.39, 0.29) is 16.9 Å². The number of rotatable bonds is 11. The molecule has 220 valence electrons. The van der Waals surface area contributed by atoms with E-state index < -0.39 is 11.8 Å². The molecule has 3 N–H and O–H groups in total. The largest absolute Gasteiger partial charge is 0.497 e. The van der Waals surface area contributed by atoms with Gasteiger partial charge in [-0.2, -0.15) is 0 Å². The van der Waals surface area contributed by atoms with Gasteiger partial charge in [0.1, 0.15) is 11.4 Å².